The van der Waals surface area contributed by atoms with E-state index in [1.165, 1.54) is 0 Å². The van der Waals surface area contributed by atoms with Gasteiger partial charge in [-0.2, -0.15) is 0 Å². The molecule has 0 aliphatic heterocycles. The SMILES string of the molecule is [2H]C1([2H])CC(C)(C)CC([2H])([2H])C12c1ccccc1-c1ccc(-c3ccc4c(c3)C(c3ccccc3)(c3ccccc3)c3cc(Cl)ccc3-4)cc12. The lowest BCUT2D eigenvalue weighted by atomic mass is 9.61. The molecule has 0 aromatic heterocycles. The second kappa shape index (κ2) is 10.1. The number of halogens is 1. The van der Waals surface area contributed by atoms with Crippen LogP contribution in [0.5, 0.6) is 0 Å². The molecule has 1 spiro atoms. The monoisotopic (exact) mass is 616 g/mol. The van der Waals surface area contributed by atoms with Crippen molar-refractivity contribution in [3.63, 3.8) is 0 Å². The average molecular weight is 617 g/mol. The molecule has 0 unspecified atom stereocenters. The number of benzene rings is 6. The van der Waals surface area contributed by atoms with Crippen LogP contribution >= 0.6 is 11.6 Å². The van der Waals surface area contributed by atoms with Crippen LogP contribution in [0.1, 0.15) is 78.3 Å². The largest absolute Gasteiger partial charge is 0.0843 e. The minimum absolute atomic E-state index is 0.272. The molecule has 1 saturated carbocycles. The zero-order valence-electron chi connectivity index (χ0n) is 30.1. The summed E-state index contributed by atoms with van der Waals surface area (Å²) < 4.78 is 38.7. The first kappa shape index (κ1) is 23.9. The molecule has 0 saturated heterocycles. The van der Waals surface area contributed by atoms with E-state index >= 15 is 0 Å². The average Bonchev–Trinajstić information content (AvgIpc) is 3.55. The van der Waals surface area contributed by atoms with Crippen LogP contribution in [0.25, 0.3) is 33.4 Å². The standard InChI is InChI=1S/C45H37Cl/c1-43(2)23-25-44(26-24-43)39-16-10-9-15-35(39)36-20-17-30(27-40(36)44)31-18-21-37-38-22-19-34(46)29-42(38)45(41(37)28-31,32-11-5-3-6-12-32)33-13-7-4-8-14-33/h3-22,27-29H,23-26H2,1-2H3/i25D2,26D2. The molecule has 3 aliphatic rings. The van der Waals surface area contributed by atoms with E-state index in [2.05, 4.69) is 109 Å². The molecule has 0 atom stereocenters. The molecule has 46 heavy (non-hydrogen) atoms. The van der Waals surface area contributed by atoms with Crippen LogP contribution in [0.15, 0.2) is 140 Å². The third-order valence-corrected chi connectivity index (χ3v) is 10.8. The van der Waals surface area contributed by atoms with Crippen LogP contribution in [0.4, 0.5) is 0 Å². The summed E-state index contributed by atoms with van der Waals surface area (Å²) in [5.74, 6) is 0. The summed E-state index contributed by atoms with van der Waals surface area (Å²) >= 11 is 6.76. The van der Waals surface area contributed by atoms with Gasteiger partial charge in [-0.05, 0) is 122 Å². The zero-order valence-corrected chi connectivity index (χ0v) is 26.8. The Morgan fingerprint density at radius 1 is 0.500 bits per heavy atom. The molecule has 6 aromatic carbocycles. The summed E-state index contributed by atoms with van der Waals surface area (Å²) in [5, 5.41) is 0.690. The molecule has 9 rings (SSSR count). The van der Waals surface area contributed by atoms with Gasteiger partial charge in [0.15, 0.2) is 0 Å². The summed E-state index contributed by atoms with van der Waals surface area (Å²) in [6.45, 7) is 3.99. The molecule has 1 heteroatoms. The normalized spacial score (nSPS) is 21.1. The predicted octanol–water partition coefficient (Wildman–Crippen LogP) is 12.2. The van der Waals surface area contributed by atoms with Crippen molar-refractivity contribution < 1.29 is 5.48 Å². The predicted molar refractivity (Wildman–Crippen MR) is 193 cm³/mol. The summed E-state index contributed by atoms with van der Waals surface area (Å²) in [6, 6.07) is 48.4. The molecule has 0 bridgehead atoms. The molecule has 224 valence electrons. The highest BCUT2D eigenvalue weighted by atomic mass is 35.5. The first-order valence-electron chi connectivity index (χ1n) is 18.2. The van der Waals surface area contributed by atoms with E-state index in [1.54, 1.807) is 0 Å². The van der Waals surface area contributed by atoms with Gasteiger partial charge in [-0.25, -0.2) is 0 Å². The van der Waals surface area contributed by atoms with Crippen molar-refractivity contribution in [2.45, 2.75) is 50.3 Å². The number of hydrogen-bond acceptors (Lipinski definition) is 0. The summed E-state index contributed by atoms with van der Waals surface area (Å²) in [7, 11) is 0. The van der Waals surface area contributed by atoms with Crippen LogP contribution < -0.4 is 0 Å². The minimum atomic E-state index is -1.83. The maximum atomic E-state index is 9.67. The molecule has 0 amide bonds. The third kappa shape index (κ3) is 3.86. The van der Waals surface area contributed by atoms with E-state index in [1.807, 2.05) is 44.2 Å². The van der Waals surface area contributed by atoms with Gasteiger partial charge in [0.05, 0.1) is 5.41 Å². The van der Waals surface area contributed by atoms with Crippen LogP contribution in [-0.4, -0.2) is 0 Å². The van der Waals surface area contributed by atoms with Gasteiger partial charge in [-0.15, -0.1) is 0 Å². The first-order chi connectivity index (χ1) is 23.9. The molecule has 0 radical (unpaired) electrons. The van der Waals surface area contributed by atoms with Crippen molar-refractivity contribution in [1.29, 1.82) is 0 Å². The number of fused-ring (bicyclic) bond motifs is 8. The zero-order chi connectivity index (χ0) is 34.7. The topological polar surface area (TPSA) is 0 Å². The maximum Gasteiger partial charge on any atom is 0.0714 e. The van der Waals surface area contributed by atoms with Crippen molar-refractivity contribution >= 4 is 11.6 Å². The van der Waals surface area contributed by atoms with Crippen LogP contribution in [0.3, 0.4) is 0 Å². The van der Waals surface area contributed by atoms with Gasteiger partial charge in [-0.3, -0.25) is 0 Å². The molecule has 3 aliphatic carbocycles. The molecule has 0 heterocycles. The van der Waals surface area contributed by atoms with Crippen molar-refractivity contribution in [3.05, 3.63) is 178 Å². The van der Waals surface area contributed by atoms with Crippen molar-refractivity contribution in [2.75, 3.05) is 0 Å². The van der Waals surface area contributed by atoms with E-state index < -0.39 is 29.0 Å². The van der Waals surface area contributed by atoms with Gasteiger partial charge in [0.25, 0.3) is 0 Å². The molecular formula is C45H37Cl. The van der Waals surface area contributed by atoms with Crippen LogP contribution in [0.2, 0.25) is 5.02 Å². The molecule has 1 fully saturated rings. The van der Waals surface area contributed by atoms with Crippen molar-refractivity contribution in [2.24, 2.45) is 5.41 Å². The molecule has 0 nitrogen and oxygen atoms in total. The smallest absolute Gasteiger partial charge is 0.0714 e. The summed E-state index contributed by atoms with van der Waals surface area (Å²) in [5.41, 5.74) is 9.66. The third-order valence-electron chi connectivity index (χ3n) is 10.6. The van der Waals surface area contributed by atoms with E-state index in [-0.39, 0.29) is 12.8 Å². The van der Waals surface area contributed by atoms with Gasteiger partial charge in [0.1, 0.15) is 0 Å². The van der Waals surface area contributed by atoms with E-state index in [4.69, 9.17) is 11.6 Å². The fourth-order valence-corrected chi connectivity index (χ4v) is 8.52. The highest BCUT2D eigenvalue weighted by Gasteiger charge is 2.48. The van der Waals surface area contributed by atoms with E-state index in [0.29, 0.717) is 5.02 Å². The van der Waals surface area contributed by atoms with E-state index in [9.17, 15) is 5.48 Å². The van der Waals surface area contributed by atoms with Gasteiger partial charge in [0.2, 0.25) is 0 Å². The lowest BCUT2D eigenvalue weighted by Crippen LogP contribution is -2.34. The van der Waals surface area contributed by atoms with Gasteiger partial charge >= 0.3 is 0 Å². The Morgan fingerprint density at radius 2 is 0.978 bits per heavy atom. The highest BCUT2D eigenvalue weighted by Crippen LogP contribution is 2.60. The lowest BCUT2D eigenvalue weighted by Gasteiger charge is -2.43. The first-order valence-corrected chi connectivity index (χ1v) is 16.6. The second-order valence-electron chi connectivity index (χ2n) is 13.9. The highest BCUT2D eigenvalue weighted by molar-refractivity contribution is 6.30. The van der Waals surface area contributed by atoms with Crippen molar-refractivity contribution in [3.8, 4) is 33.4 Å². The minimum Gasteiger partial charge on any atom is -0.0843 e. The fraction of sp³-hybridized carbons (Fsp3) is 0.200. The Bertz CT molecular complexity index is 2260. The number of rotatable bonds is 3. The fourth-order valence-electron chi connectivity index (χ4n) is 8.35. The summed E-state index contributed by atoms with van der Waals surface area (Å²) in [6.07, 6.45) is -3.11. The second-order valence-corrected chi connectivity index (χ2v) is 14.3. The quantitative estimate of drug-likeness (QED) is 0.185. The van der Waals surface area contributed by atoms with Gasteiger partial charge in [0, 0.05) is 15.9 Å². The Balaban J connectivity index is 1.31. The van der Waals surface area contributed by atoms with E-state index in [0.717, 1.165) is 66.8 Å². The van der Waals surface area contributed by atoms with Crippen molar-refractivity contribution in [1.82, 2.24) is 0 Å². The molecule has 0 N–H and O–H groups in total. The molecule has 6 aromatic rings. The van der Waals surface area contributed by atoms with Crippen LogP contribution in [0, 0.1) is 5.41 Å². The Hall–Kier alpha value is -4.39. The Kier molecular flexibility index (Phi) is 5.22. The van der Waals surface area contributed by atoms with Gasteiger partial charge in [-0.1, -0.05) is 141 Å². The van der Waals surface area contributed by atoms with Gasteiger partial charge < -0.3 is 0 Å². The Morgan fingerprint density at radius 3 is 1.61 bits per heavy atom. The maximum absolute atomic E-state index is 9.67. The van der Waals surface area contributed by atoms with Crippen LogP contribution in [-0.2, 0) is 10.8 Å². The summed E-state index contributed by atoms with van der Waals surface area (Å²) in [4.78, 5) is 0. The Labute approximate surface area is 283 Å². The molecular weight excluding hydrogens is 576 g/mol. The number of hydrogen-bond donors (Lipinski definition) is 0. The lowest BCUT2D eigenvalue weighted by molar-refractivity contribution is 0.188.